The number of aliphatic imine (C=N–C) groups is 4. The maximum absolute atomic E-state index is 15.4. The van der Waals surface area contributed by atoms with E-state index < -0.39 is 23.5 Å². The van der Waals surface area contributed by atoms with Crippen LogP contribution in [0.2, 0.25) is 0 Å². The lowest BCUT2D eigenvalue weighted by Gasteiger charge is -2.20. The summed E-state index contributed by atoms with van der Waals surface area (Å²) in [6.07, 6.45) is -0.926. The first-order valence-electron chi connectivity index (χ1n) is 38.1. The number of hydrogen-bond donors (Lipinski definition) is 2. The normalized spacial score (nSPS) is 16.1. The first-order valence-corrected chi connectivity index (χ1v) is 38.1. The van der Waals surface area contributed by atoms with E-state index in [-0.39, 0.29) is 35.6 Å². The van der Waals surface area contributed by atoms with Gasteiger partial charge in [0, 0.05) is 65.6 Å². The second-order valence-electron chi connectivity index (χ2n) is 28.9. The molecule has 17 heteroatoms. The molecule has 4 heterocycles. The van der Waals surface area contributed by atoms with Gasteiger partial charge in [-0.15, -0.1) is 0 Å². The van der Waals surface area contributed by atoms with Gasteiger partial charge in [0.2, 0.25) is 0 Å². The Morgan fingerprint density at radius 3 is 1.22 bits per heavy atom. The standard InChI is InChI=1S/C101H61F6N11/c102-100(103,104)88-30-15-13-28-80(88)78-47-41-75(56-86(78)98-113-94(64-19-5-1-6-20-64)111-95(114-98)65-21-7-2-8-22-65)117-90-49-40-70(63-34-32-61(58-108)33-35-63)52-85(90)84-46-39-73(55-93(84)117)77-43-36-69(51-74(77)60-110)72-38-45-83-82-44-37-71(68-27-17-18-62(50-68)59-109)53-91(82)118(92(83)54-72)76-42-48-79(81-29-14-16-31-89(81)101(105,106)107)87(57-76)99-115-96(66-23-9-3-10-24-66)112-97(116-99)67-25-11-4-12-26-67/h1-27,30-57H,28-29H2,(H,111,113,114)(H,112,115,116). The van der Waals surface area contributed by atoms with Crippen molar-refractivity contribution in [2.75, 3.05) is 0 Å². The molecule has 19 rings (SSSR count). The molecular formula is C101H61F6N11. The Balaban J connectivity index is 0.804. The van der Waals surface area contributed by atoms with Gasteiger partial charge >= 0.3 is 12.4 Å². The molecule has 0 bridgehead atoms. The summed E-state index contributed by atoms with van der Waals surface area (Å²) in [5.74, 6) is 2.14. The van der Waals surface area contributed by atoms with Crippen molar-refractivity contribution in [3.05, 3.63) is 405 Å². The molecule has 0 radical (unpaired) electrons. The molecular weight excluding hydrogens is 1480 g/mol. The van der Waals surface area contributed by atoms with Crippen LogP contribution in [0.1, 0.15) is 51.8 Å². The maximum atomic E-state index is 15.4. The summed E-state index contributed by atoms with van der Waals surface area (Å²) in [4.78, 5) is 20.4. The van der Waals surface area contributed by atoms with Crippen LogP contribution in [0.4, 0.5) is 26.3 Å². The molecule has 2 N–H and O–H groups in total. The van der Waals surface area contributed by atoms with Gasteiger partial charge < -0.3 is 19.8 Å². The van der Waals surface area contributed by atoms with Crippen molar-refractivity contribution < 1.29 is 26.3 Å². The number of nitrogens with one attached hydrogen (secondary N) is 2. The quantitative estimate of drug-likeness (QED) is 0.130. The monoisotopic (exact) mass is 1540 g/mol. The fourth-order valence-electron chi connectivity index (χ4n) is 16.3. The second kappa shape index (κ2) is 29.6. The lowest BCUT2D eigenvalue weighted by molar-refractivity contribution is -0.0883. The number of alkyl halides is 6. The number of fused-ring (bicyclic) bond motifs is 6. The molecule has 0 fully saturated rings. The minimum Gasteiger partial charge on any atom is -0.324 e. The molecule has 2 aliphatic carbocycles. The Morgan fingerprint density at radius 1 is 0.314 bits per heavy atom. The number of aromatic nitrogens is 2. The molecule has 15 aromatic rings. The lowest BCUT2D eigenvalue weighted by atomic mass is 9.94. The Kier molecular flexibility index (Phi) is 18.2. The van der Waals surface area contributed by atoms with Gasteiger partial charge in [-0.2, -0.15) is 42.1 Å². The summed E-state index contributed by atoms with van der Waals surface area (Å²) in [5, 5.41) is 43.1. The van der Waals surface area contributed by atoms with Gasteiger partial charge in [0.05, 0.1) is 68.1 Å². The van der Waals surface area contributed by atoms with Gasteiger partial charge in [-0.3, -0.25) is 0 Å². The fraction of sp³-hybridized carbons (Fsp3) is 0.0396. The highest BCUT2D eigenvalue weighted by Gasteiger charge is 2.38. The zero-order chi connectivity index (χ0) is 80.3. The zero-order valence-corrected chi connectivity index (χ0v) is 62.5. The van der Waals surface area contributed by atoms with Crippen LogP contribution in [0, 0.1) is 34.0 Å². The molecule has 13 aromatic carbocycles. The topological polar surface area (TPSA) is 155 Å². The summed E-state index contributed by atoms with van der Waals surface area (Å²) in [6, 6.07) is 101. The number of amidine groups is 4. The Labute approximate surface area is 671 Å². The van der Waals surface area contributed by atoms with Crippen molar-refractivity contribution in [2.24, 2.45) is 20.0 Å². The van der Waals surface area contributed by atoms with E-state index in [0.29, 0.717) is 100 Å². The fourth-order valence-corrected chi connectivity index (χ4v) is 16.3. The van der Waals surface area contributed by atoms with Crippen LogP contribution in [0.25, 0.3) is 122 Å². The van der Waals surface area contributed by atoms with Crippen LogP contribution >= 0.6 is 0 Å². The molecule has 4 aliphatic rings. The van der Waals surface area contributed by atoms with Crippen LogP contribution < -0.4 is 31.5 Å². The van der Waals surface area contributed by atoms with E-state index in [2.05, 4.69) is 56.2 Å². The molecule has 11 nitrogen and oxygen atoms in total. The van der Waals surface area contributed by atoms with E-state index in [4.69, 9.17) is 20.0 Å². The van der Waals surface area contributed by atoms with E-state index in [1.54, 1.807) is 42.5 Å². The van der Waals surface area contributed by atoms with Gasteiger partial charge in [-0.05, 0) is 164 Å². The molecule has 562 valence electrons. The third-order valence-electron chi connectivity index (χ3n) is 21.9. The number of nitrogens with zero attached hydrogens (tertiary/aromatic N) is 9. The second-order valence-corrected chi connectivity index (χ2v) is 28.9. The van der Waals surface area contributed by atoms with E-state index in [1.165, 1.54) is 12.2 Å². The van der Waals surface area contributed by atoms with Crippen molar-refractivity contribution in [3.63, 3.8) is 0 Å². The summed E-state index contributed by atoms with van der Waals surface area (Å²) >= 11 is 0. The Morgan fingerprint density at radius 2 is 0.729 bits per heavy atom. The molecule has 2 aliphatic heterocycles. The number of benzene rings is 13. The molecule has 2 aromatic heterocycles. The Hall–Kier alpha value is -15.8. The number of hydrogen-bond acceptors (Lipinski definition) is 9. The van der Waals surface area contributed by atoms with Crippen molar-refractivity contribution in [3.8, 4) is 74.1 Å². The summed E-state index contributed by atoms with van der Waals surface area (Å²) in [6.45, 7) is 0. The molecule has 0 amide bonds. The molecule has 0 saturated carbocycles. The molecule has 118 heavy (non-hydrogen) atoms. The van der Waals surface area contributed by atoms with Gasteiger partial charge in [0.15, 0.2) is 11.7 Å². The van der Waals surface area contributed by atoms with Gasteiger partial charge in [-0.25, -0.2) is 20.0 Å². The van der Waals surface area contributed by atoms with E-state index in [0.717, 1.165) is 94.7 Å². The summed E-state index contributed by atoms with van der Waals surface area (Å²) in [5.41, 5.74) is 13.0. The van der Waals surface area contributed by atoms with E-state index in [9.17, 15) is 15.8 Å². The van der Waals surface area contributed by atoms with Gasteiger partial charge in [0.1, 0.15) is 23.3 Å². The highest BCUT2D eigenvalue weighted by atomic mass is 19.4. The number of nitriles is 3. The van der Waals surface area contributed by atoms with Crippen LogP contribution in [0.15, 0.2) is 365 Å². The Bertz CT molecular complexity index is 7440. The largest absolute Gasteiger partial charge is 0.416 e. The average molecular weight is 1540 g/mol. The third kappa shape index (κ3) is 13.4. The minimum atomic E-state index is -4.71. The average Bonchev–Trinajstić information content (AvgIpc) is 1.57. The smallest absolute Gasteiger partial charge is 0.324 e. The highest BCUT2D eigenvalue weighted by Crippen LogP contribution is 2.43. The van der Waals surface area contributed by atoms with Crippen LogP contribution in [0.3, 0.4) is 0 Å². The molecule has 0 spiro atoms. The van der Waals surface area contributed by atoms with Gasteiger partial charge in [-0.1, -0.05) is 249 Å². The lowest BCUT2D eigenvalue weighted by Crippen LogP contribution is -2.39. The van der Waals surface area contributed by atoms with Crippen molar-refractivity contribution in [1.82, 2.24) is 19.8 Å². The van der Waals surface area contributed by atoms with Crippen molar-refractivity contribution in [2.45, 2.75) is 25.2 Å². The predicted molar refractivity (Wildman–Crippen MR) is 457 cm³/mol. The van der Waals surface area contributed by atoms with E-state index >= 15 is 26.3 Å². The van der Waals surface area contributed by atoms with Crippen LogP contribution in [-0.2, 0) is 0 Å². The van der Waals surface area contributed by atoms with E-state index in [1.807, 2.05) is 249 Å². The van der Waals surface area contributed by atoms with Crippen molar-refractivity contribution in [1.29, 1.82) is 15.8 Å². The minimum absolute atomic E-state index is 0.0120. The highest BCUT2D eigenvalue weighted by molar-refractivity contribution is 6.18. The summed E-state index contributed by atoms with van der Waals surface area (Å²) < 4.78 is 96.7. The first-order chi connectivity index (χ1) is 57.6. The molecule has 0 unspecified atom stereocenters. The molecule has 0 atom stereocenters. The number of halogens is 6. The molecule has 0 saturated heterocycles. The van der Waals surface area contributed by atoms with Gasteiger partial charge in [0.25, 0.3) is 0 Å². The maximum Gasteiger partial charge on any atom is 0.416 e. The van der Waals surface area contributed by atoms with Crippen molar-refractivity contribution >= 4 is 89.7 Å². The number of allylic oxidation sites excluding steroid dienone is 8. The van der Waals surface area contributed by atoms with Crippen LogP contribution in [0.5, 0.6) is 0 Å². The zero-order valence-electron chi connectivity index (χ0n) is 62.5. The number of rotatable bonds is 10. The van der Waals surface area contributed by atoms with Crippen LogP contribution in [-0.4, -0.2) is 44.8 Å². The first kappa shape index (κ1) is 72.5. The third-order valence-corrected chi connectivity index (χ3v) is 21.9. The predicted octanol–water partition coefficient (Wildman–Crippen LogP) is 20.5. The summed E-state index contributed by atoms with van der Waals surface area (Å²) in [7, 11) is 0. The SMILES string of the molecule is N#Cc1ccc(-c2ccc3c(c2)c2ccc(-c4ccc(-c5ccc6c7ccc(-c8cccc(C#N)c8)cc7n(-c7ccc(=C8CC=CC=C8C(F)(F)F)c(=C8N=C(c9ccccc9)N=C(c9ccccc9)N8)c7)c6c5)cc4C#N)cc2n3-c2ccc(=C3CC=CC=C3C(F)(F)F)c(=C3N=C(c4ccccc4)N=C(c4ccccc4)N3)c2)cc1.